The fraction of sp³-hybridized carbons (Fsp3) is 0.625. The number of rotatable bonds is 1. The van der Waals surface area contributed by atoms with E-state index in [9.17, 15) is 0 Å². The van der Waals surface area contributed by atoms with Gasteiger partial charge in [0.05, 0.1) is 7.11 Å². The smallest absolute Gasteiger partial charge is 0.124 e. The van der Waals surface area contributed by atoms with Gasteiger partial charge in [-0.15, -0.1) is 0 Å². The Balaban J connectivity index is 3.84. The minimum absolute atomic E-state index is 0.203. The molecule has 0 saturated heterocycles. The van der Waals surface area contributed by atoms with Crippen molar-refractivity contribution in [1.82, 2.24) is 0 Å². The van der Waals surface area contributed by atoms with Crippen LogP contribution in [0.1, 0.15) is 20.8 Å². The van der Waals surface area contributed by atoms with Crippen LogP contribution in [0.2, 0.25) is 0 Å². The molecular formula is C8H14O. The molecule has 0 fully saturated rings. The zero-order chi connectivity index (χ0) is 7.33. The molecule has 1 heteroatoms. The highest BCUT2D eigenvalue weighted by molar-refractivity contribution is 4.89. The normalized spacial score (nSPS) is 9.78. The van der Waals surface area contributed by atoms with E-state index in [-0.39, 0.29) is 5.41 Å². The van der Waals surface area contributed by atoms with E-state index < -0.39 is 0 Å². The molecule has 9 heavy (non-hydrogen) atoms. The van der Waals surface area contributed by atoms with Gasteiger partial charge in [-0.25, -0.2) is 0 Å². The molecule has 0 aromatic carbocycles. The number of allylic oxidation sites excluding steroid dienone is 1. The minimum Gasteiger partial charge on any atom is -0.496 e. The zero-order valence-electron chi connectivity index (χ0n) is 6.56. The molecule has 52 valence electrons. The van der Waals surface area contributed by atoms with Gasteiger partial charge in [0.2, 0.25) is 0 Å². The Morgan fingerprint density at radius 3 is 2.22 bits per heavy atom. The molecule has 0 aromatic rings. The van der Waals surface area contributed by atoms with Crippen molar-refractivity contribution >= 4 is 0 Å². The monoisotopic (exact) mass is 126 g/mol. The summed E-state index contributed by atoms with van der Waals surface area (Å²) in [5.41, 5.74) is 3.11. The van der Waals surface area contributed by atoms with Crippen LogP contribution in [0.5, 0.6) is 0 Å². The Morgan fingerprint density at radius 1 is 1.33 bits per heavy atom. The molecule has 0 aliphatic rings. The van der Waals surface area contributed by atoms with E-state index in [1.165, 1.54) is 0 Å². The third-order valence-electron chi connectivity index (χ3n) is 0.702. The Morgan fingerprint density at radius 2 is 1.89 bits per heavy atom. The molecule has 0 rings (SSSR count). The molecule has 0 atom stereocenters. The summed E-state index contributed by atoms with van der Waals surface area (Å²) in [5, 5.41) is 0. The highest BCUT2D eigenvalue weighted by Gasteiger charge is 2.01. The summed E-state index contributed by atoms with van der Waals surface area (Å²) in [6, 6.07) is 0. The van der Waals surface area contributed by atoms with E-state index in [2.05, 4.69) is 31.2 Å². The van der Waals surface area contributed by atoms with Crippen LogP contribution < -0.4 is 0 Å². The summed E-state index contributed by atoms with van der Waals surface area (Å²) < 4.78 is 4.67. The second-order valence-corrected chi connectivity index (χ2v) is 3.03. The lowest BCUT2D eigenvalue weighted by Crippen LogP contribution is -1.96. The molecule has 0 radical (unpaired) electrons. The van der Waals surface area contributed by atoms with Gasteiger partial charge in [-0.1, -0.05) is 26.5 Å². The Hall–Kier alpha value is -0.680. The fourth-order valence-electron chi connectivity index (χ4n) is 0.352. The molecule has 0 N–H and O–H groups in total. The van der Waals surface area contributed by atoms with Crippen molar-refractivity contribution in [3.05, 3.63) is 18.1 Å². The van der Waals surface area contributed by atoms with E-state index in [1.807, 2.05) is 6.08 Å². The molecule has 0 aliphatic carbocycles. The van der Waals surface area contributed by atoms with Gasteiger partial charge < -0.3 is 4.74 Å². The van der Waals surface area contributed by atoms with Crippen molar-refractivity contribution < 1.29 is 4.74 Å². The summed E-state index contributed by atoms with van der Waals surface area (Å²) in [5.74, 6) is 0. The van der Waals surface area contributed by atoms with Gasteiger partial charge in [0, 0.05) is 0 Å². The average molecular weight is 126 g/mol. The second kappa shape index (κ2) is 3.37. The first-order valence-electron chi connectivity index (χ1n) is 3.01. The molecule has 0 spiro atoms. The van der Waals surface area contributed by atoms with Gasteiger partial charge in [0.1, 0.15) is 6.26 Å². The predicted molar refractivity (Wildman–Crippen MR) is 39.1 cm³/mol. The van der Waals surface area contributed by atoms with E-state index in [0.29, 0.717) is 0 Å². The van der Waals surface area contributed by atoms with Gasteiger partial charge in [0.25, 0.3) is 0 Å². The van der Waals surface area contributed by atoms with Crippen LogP contribution in [0.25, 0.3) is 0 Å². The van der Waals surface area contributed by atoms with Crippen LogP contribution in [-0.4, -0.2) is 7.11 Å². The number of methoxy groups -OCH3 is 1. The lowest BCUT2D eigenvalue weighted by molar-refractivity contribution is 0.338. The lowest BCUT2D eigenvalue weighted by atomic mass is 9.97. The summed E-state index contributed by atoms with van der Waals surface area (Å²) in [4.78, 5) is 0. The Labute approximate surface area is 57.0 Å². The van der Waals surface area contributed by atoms with Crippen molar-refractivity contribution in [2.24, 2.45) is 5.41 Å². The van der Waals surface area contributed by atoms with E-state index in [4.69, 9.17) is 0 Å². The number of hydrogen-bond acceptors (Lipinski definition) is 1. The highest BCUT2D eigenvalue weighted by atomic mass is 16.5. The Bertz CT molecular complexity index is 122. The van der Waals surface area contributed by atoms with Crippen LogP contribution in [0.3, 0.4) is 0 Å². The first-order valence-corrected chi connectivity index (χ1v) is 3.01. The zero-order valence-corrected chi connectivity index (χ0v) is 6.56. The molecule has 0 aromatic heterocycles. The summed E-state index contributed by atoms with van der Waals surface area (Å²) >= 11 is 0. The first-order chi connectivity index (χ1) is 4.06. The van der Waals surface area contributed by atoms with Crippen LogP contribution >= 0.6 is 0 Å². The van der Waals surface area contributed by atoms with Crippen LogP contribution in [0.15, 0.2) is 18.1 Å². The maximum absolute atomic E-state index is 4.67. The van der Waals surface area contributed by atoms with Crippen LogP contribution in [0, 0.1) is 5.41 Å². The number of ether oxygens (including phenoxy) is 1. The van der Waals surface area contributed by atoms with Gasteiger partial charge in [-0.3, -0.25) is 0 Å². The van der Waals surface area contributed by atoms with Gasteiger partial charge in [0.15, 0.2) is 0 Å². The van der Waals surface area contributed by atoms with Crippen molar-refractivity contribution in [2.75, 3.05) is 7.11 Å². The third-order valence-corrected chi connectivity index (χ3v) is 0.702. The van der Waals surface area contributed by atoms with E-state index >= 15 is 0 Å². The molecular weight excluding hydrogens is 112 g/mol. The average Bonchev–Trinajstić information content (AvgIpc) is 1.63. The second-order valence-electron chi connectivity index (χ2n) is 3.03. The number of hydrogen-bond donors (Lipinski definition) is 0. The lowest BCUT2D eigenvalue weighted by Gasteiger charge is -2.07. The molecule has 1 nitrogen and oxygen atoms in total. The minimum atomic E-state index is 0.203. The largest absolute Gasteiger partial charge is 0.496 e. The molecule has 0 bridgehead atoms. The van der Waals surface area contributed by atoms with Crippen molar-refractivity contribution in [3.63, 3.8) is 0 Å². The van der Waals surface area contributed by atoms with Crippen molar-refractivity contribution in [1.29, 1.82) is 0 Å². The predicted octanol–water partition coefficient (Wildman–Crippen LogP) is 2.35. The maximum Gasteiger partial charge on any atom is 0.124 e. The first kappa shape index (κ1) is 8.32. The third kappa shape index (κ3) is 7.32. The molecule has 0 heterocycles. The van der Waals surface area contributed by atoms with Crippen molar-refractivity contribution in [2.45, 2.75) is 20.8 Å². The summed E-state index contributed by atoms with van der Waals surface area (Å²) in [7, 11) is 1.61. The topological polar surface area (TPSA) is 9.23 Å². The highest BCUT2D eigenvalue weighted by Crippen LogP contribution is 2.12. The Kier molecular flexibility index (Phi) is 3.11. The summed E-state index contributed by atoms with van der Waals surface area (Å²) in [6.45, 7) is 6.34. The molecule has 0 aliphatic heterocycles. The summed E-state index contributed by atoms with van der Waals surface area (Å²) in [6.07, 6.45) is 3.52. The van der Waals surface area contributed by atoms with E-state index in [1.54, 1.807) is 13.4 Å². The van der Waals surface area contributed by atoms with Crippen molar-refractivity contribution in [3.8, 4) is 0 Å². The molecule has 0 unspecified atom stereocenters. The van der Waals surface area contributed by atoms with E-state index in [0.717, 1.165) is 0 Å². The fourth-order valence-corrected chi connectivity index (χ4v) is 0.352. The quantitative estimate of drug-likeness (QED) is 0.387. The standard InChI is InChI=1S/C8H14O/c1-8(2,3)6-5-7-9-4/h6-7H,1-4H3. The van der Waals surface area contributed by atoms with Gasteiger partial charge in [-0.05, 0) is 11.5 Å². The maximum atomic E-state index is 4.67. The van der Waals surface area contributed by atoms with Gasteiger partial charge in [-0.2, -0.15) is 0 Å². The van der Waals surface area contributed by atoms with Crippen LogP contribution in [-0.2, 0) is 4.74 Å². The van der Waals surface area contributed by atoms with Crippen LogP contribution in [0.4, 0.5) is 0 Å². The molecule has 0 saturated carbocycles. The van der Waals surface area contributed by atoms with Gasteiger partial charge >= 0.3 is 0 Å². The SMILES string of the molecule is COC=C=CC(C)(C)C. The molecule has 0 amide bonds.